The highest BCUT2D eigenvalue weighted by Gasteiger charge is 2.16. The first-order valence-corrected chi connectivity index (χ1v) is 4.78. The zero-order valence-electron chi connectivity index (χ0n) is 6.73. The van der Waals surface area contributed by atoms with Crippen LogP contribution >= 0.6 is 11.8 Å². The van der Waals surface area contributed by atoms with Crippen molar-refractivity contribution in [2.24, 2.45) is 4.99 Å². The van der Waals surface area contributed by atoms with Crippen LogP contribution in [0.4, 0.5) is 0 Å². The molecule has 0 atom stereocenters. The first-order chi connectivity index (χ1) is 6.36. The smallest absolute Gasteiger partial charge is 0.381 e. The number of rotatable bonds is 1. The molecule has 0 bridgehead atoms. The summed E-state index contributed by atoms with van der Waals surface area (Å²) in [6.07, 6.45) is 1.43. The standard InChI is InChI=1S/C8H7NO3S/c10-7(6-2-1-4-11-6)12-8-9-3-5-13-8/h1-2,4H,3,5H2. The topological polar surface area (TPSA) is 51.8 Å². The maximum Gasteiger partial charge on any atom is 0.381 e. The third kappa shape index (κ3) is 1.92. The third-order valence-corrected chi connectivity index (χ3v) is 2.31. The van der Waals surface area contributed by atoms with E-state index in [1.54, 1.807) is 12.1 Å². The van der Waals surface area contributed by atoms with E-state index in [4.69, 9.17) is 9.15 Å². The molecular weight excluding hydrogens is 190 g/mol. The van der Waals surface area contributed by atoms with Crippen LogP contribution < -0.4 is 0 Å². The molecule has 4 nitrogen and oxygen atoms in total. The summed E-state index contributed by atoms with van der Waals surface area (Å²) in [5.41, 5.74) is 0. The van der Waals surface area contributed by atoms with E-state index in [0.717, 1.165) is 5.75 Å². The van der Waals surface area contributed by atoms with Gasteiger partial charge in [0.1, 0.15) is 0 Å². The summed E-state index contributed by atoms with van der Waals surface area (Å²) in [7, 11) is 0. The molecule has 0 saturated heterocycles. The minimum Gasteiger partial charge on any atom is -0.457 e. The molecule has 13 heavy (non-hydrogen) atoms. The Labute approximate surface area is 79.0 Å². The number of carbonyl (C=O) groups excluding carboxylic acids is 1. The van der Waals surface area contributed by atoms with Gasteiger partial charge in [-0.25, -0.2) is 9.79 Å². The van der Waals surface area contributed by atoms with Crippen LogP contribution in [0.1, 0.15) is 10.6 Å². The van der Waals surface area contributed by atoms with E-state index in [-0.39, 0.29) is 5.76 Å². The third-order valence-electron chi connectivity index (χ3n) is 1.46. The van der Waals surface area contributed by atoms with Gasteiger partial charge in [0.05, 0.1) is 12.8 Å². The number of thioether (sulfide) groups is 1. The number of aliphatic imine (C=N–C) groups is 1. The average molecular weight is 197 g/mol. The van der Waals surface area contributed by atoms with E-state index in [1.165, 1.54) is 18.0 Å². The molecule has 2 heterocycles. The lowest BCUT2D eigenvalue weighted by atomic mass is 10.5. The van der Waals surface area contributed by atoms with Crippen molar-refractivity contribution in [3.05, 3.63) is 24.2 Å². The SMILES string of the molecule is O=C(OC1=NCCS1)c1ccco1. The van der Waals surface area contributed by atoms with Crippen molar-refractivity contribution in [2.45, 2.75) is 0 Å². The van der Waals surface area contributed by atoms with Crippen molar-refractivity contribution in [3.63, 3.8) is 0 Å². The van der Waals surface area contributed by atoms with E-state index >= 15 is 0 Å². The second kappa shape index (κ2) is 3.66. The van der Waals surface area contributed by atoms with Crippen LogP contribution in [0.25, 0.3) is 0 Å². The number of hydrogen-bond acceptors (Lipinski definition) is 5. The number of hydrogen-bond donors (Lipinski definition) is 0. The lowest BCUT2D eigenvalue weighted by molar-refractivity contribution is 0.0690. The molecule has 0 unspecified atom stereocenters. The summed E-state index contributed by atoms with van der Waals surface area (Å²) in [5.74, 6) is 0.592. The second-order valence-corrected chi connectivity index (χ2v) is 3.41. The molecule has 0 fully saturated rings. The lowest BCUT2D eigenvalue weighted by Crippen LogP contribution is -2.07. The molecule has 1 aliphatic heterocycles. The van der Waals surface area contributed by atoms with Gasteiger partial charge in [0.2, 0.25) is 5.76 Å². The number of furan rings is 1. The summed E-state index contributed by atoms with van der Waals surface area (Å²) >= 11 is 1.43. The minimum atomic E-state index is -0.488. The van der Waals surface area contributed by atoms with Crippen LogP contribution in [0.5, 0.6) is 0 Å². The van der Waals surface area contributed by atoms with Gasteiger partial charge in [-0.15, -0.1) is 0 Å². The monoisotopic (exact) mass is 197 g/mol. The number of carbonyl (C=O) groups is 1. The summed E-state index contributed by atoms with van der Waals surface area (Å²) in [4.78, 5) is 15.2. The molecule has 0 N–H and O–H groups in total. The zero-order valence-corrected chi connectivity index (χ0v) is 7.54. The normalized spacial score (nSPS) is 15.5. The van der Waals surface area contributed by atoms with E-state index in [1.807, 2.05) is 0 Å². The van der Waals surface area contributed by atoms with Gasteiger partial charge < -0.3 is 9.15 Å². The van der Waals surface area contributed by atoms with E-state index in [9.17, 15) is 4.79 Å². The van der Waals surface area contributed by atoms with Crippen LogP contribution in [0.3, 0.4) is 0 Å². The molecule has 0 amide bonds. The molecule has 1 aliphatic rings. The maximum atomic E-state index is 11.3. The highest BCUT2D eigenvalue weighted by molar-refractivity contribution is 8.13. The van der Waals surface area contributed by atoms with Gasteiger partial charge in [-0.05, 0) is 12.1 Å². The Morgan fingerprint density at radius 2 is 2.62 bits per heavy atom. The summed E-state index contributed by atoms with van der Waals surface area (Å²) in [6.45, 7) is 0.714. The van der Waals surface area contributed by atoms with Crippen molar-refractivity contribution < 1.29 is 13.9 Å². The first-order valence-electron chi connectivity index (χ1n) is 3.79. The molecule has 2 rings (SSSR count). The summed E-state index contributed by atoms with van der Waals surface area (Å²) in [5, 5.41) is 0.432. The Kier molecular flexibility index (Phi) is 2.35. The van der Waals surface area contributed by atoms with Crippen molar-refractivity contribution in [2.75, 3.05) is 12.3 Å². The molecule has 5 heteroatoms. The Morgan fingerprint density at radius 3 is 3.23 bits per heavy atom. The predicted molar refractivity (Wildman–Crippen MR) is 48.9 cm³/mol. The maximum absolute atomic E-state index is 11.3. The number of nitrogens with zero attached hydrogens (tertiary/aromatic N) is 1. The Balaban J connectivity index is 1.99. The highest BCUT2D eigenvalue weighted by atomic mass is 32.2. The van der Waals surface area contributed by atoms with E-state index < -0.39 is 5.97 Å². The van der Waals surface area contributed by atoms with Gasteiger partial charge in [-0.3, -0.25) is 0 Å². The molecule has 1 aromatic rings. The van der Waals surface area contributed by atoms with Crippen LogP contribution in [0, 0.1) is 0 Å². The fraction of sp³-hybridized carbons (Fsp3) is 0.250. The molecule has 0 radical (unpaired) electrons. The number of ether oxygens (including phenoxy) is 1. The molecule has 0 aromatic carbocycles. The van der Waals surface area contributed by atoms with Crippen molar-refractivity contribution >= 4 is 23.0 Å². The first kappa shape index (κ1) is 8.37. The fourth-order valence-corrected chi connectivity index (χ4v) is 1.58. The van der Waals surface area contributed by atoms with E-state index in [0.29, 0.717) is 11.8 Å². The van der Waals surface area contributed by atoms with Crippen LogP contribution in [-0.2, 0) is 4.74 Å². The van der Waals surface area contributed by atoms with Crippen molar-refractivity contribution in [1.82, 2.24) is 0 Å². The predicted octanol–water partition coefficient (Wildman–Crippen LogP) is 1.54. The van der Waals surface area contributed by atoms with Gasteiger partial charge >= 0.3 is 5.97 Å². The Bertz CT molecular complexity index is 331. The van der Waals surface area contributed by atoms with Crippen LogP contribution in [0.15, 0.2) is 27.8 Å². The van der Waals surface area contributed by atoms with E-state index in [2.05, 4.69) is 4.99 Å². The highest BCUT2D eigenvalue weighted by Crippen LogP contribution is 2.14. The quantitative estimate of drug-likeness (QED) is 0.641. The zero-order chi connectivity index (χ0) is 9.10. The minimum absolute atomic E-state index is 0.204. The van der Waals surface area contributed by atoms with Gasteiger partial charge in [-0.1, -0.05) is 11.8 Å². The van der Waals surface area contributed by atoms with Crippen LogP contribution in [0.2, 0.25) is 0 Å². The van der Waals surface area contributed by atoms with Crippen molar-refractivity contribution in [1.29, 1.82) is 0 Å². The summed E-state index contributed by atoms with van der Waals surface area (Å²) in [6, 6.07) is 3.20. The van der Waals surface area contributed by atoms with Gasteiger partial charge in [0.25, 0.3) is 5.23 Å². The number of esters is 1. The largest absolute Gasteiger partial charge is 0.457 e. The molecule has 0 saturated carbocycles. The van der Waals surface area contributed by atoms with Crippen molar-refractivity contribution in [3.8, 4) is 0 Å². The molecule has 68 valence electrons. The van der Waals surface area contributed by atoms with Gasteiger partial charge in [0.15, 0.2) is 0 Å². The molecular formula is C8H7NO3S. The second-order valence-electron chi connectivity index (χ2n) is 2.36. The molecule has 0 spiro atoms. The average Bonchev–Trinajstić information content (AvgIpc) is 2.74. The molecule has 1 aromatic heterocycles. The molecule has 0 aliphatic carbocycles. The Hall–Kier alpha value is -1.23. The Morgan fingerprint density at radius 1 is 1.69 bits per heavy atom. The fourth-order valence-electron chi connectivity index (χ4n) is 0.902. The lowest BCUT2D eigenvalue weighted by Gasteiger charge is -1.98. The van der Waals surface area contributed by atoms with Crippen LogP contribution in [-0.4, -0.2) is 23.5 Å². The van der Waals surface area contributed by atoms with Gasteiger partial charge in [-0.2, -0.15) is 0 Å². The van der Waals surface area contributed by atoms with Gasteiger partial charge in [0, 0.05) is 5.75 Å². The summed E-state index contributed by atoms with van der Waals surface area (Å²) < 4.78 is 9.80.